The van der Waals surface area contributed by atoms with E-state index in [1.54, 1.807) is 30.5 Å². The van der Waals surface area contributed by atoms with Crippen LogP contribution in [0.3, 0.4) is 0 Å². The number of carbonyl (C=O) groups excluding carboxylic acids is 2. The van der Waals surface area contributed by atoms with Crippen molar-refractivity contribution in [1.29, 1.82) is 0 Å². The molecular formula is C31H19N3O5. The summed E-state index contributed by atoms with van der Waals surface area (Å²) in [6.07, 6.45) is 7.19. The monoisotopic (exact) mass is 513 g/mol. The number of fused-ring (bicyclic) bond motifs is 3. The Morgan fingerprint density at radius 3 is 2.03 bits per heavy atom. The Labute approximate surface area is 222 Å². The molecule has 0 N–H and O–H groups in total. The van der Waals surface area contributed by atoms with Crippen molar-refractivity contribution in [3.05, 3.63) is 102 Å². The molecule has 6 rings (SSSR count). The number of ether oxygens (including phenoxy) is 2. The molecule has 0 radical (unpaired) electrons. The maximum absolute atomic E-state index is 11.1. The molecule has 188 valence electrons. The number of aromatic nitrogens is 3. The van der Waals surface area contributed by atoms with E-state index in [0.29, 0.717) is 41.5 Å². The molecule has 2 aromatic carbocycles. The highest BCUT2D eigenvalue weighted by molar-refractivity contribution is 6.05. The van der Waals surface area contributed by atoms with Crippen LogP contribution in [-0.2, 0) is 9.59 Å². The minimum atomic E-state index is 0.275. The molecule has 0 fully saturated rings. The van der Waals surface area contributed by atoms with Gasteiger partial charge in [-0.1, -0.05) is 36.4 Å². The predicted molar refractivity (Wildman–Crippen MR) is 147 cm³/mol. The summed E-state index contributed by atoms with van der Waals surface area (Å²) in [4.78, 5) is 35.3. The summed E-state index contributed by atoms with van der Waals surface area (Å²) < 4.78 is 16.0. The second kappa shape index (κ2) is 10.4. The van der Waals surface area contributed by atoms with Crippen molar-refractivity contribution >= 4 is 47.0 Å². The molecule has 6 aromatic rings. The summed E-state index contributed by atoms with van der Waals surface area (Å²) in [6, 6.07) is 24.1. The summed E-state index contributed by atoms with van der Waals surface area (Å²) >= 11 is 0. The molecule has 8 heteroatoms. The van der Waals surface area contributed by atoms with Crippen LogP contribution in [0.4, 0.5) is 0 Å². The van der Waals surface area contributed by atoms with Crippen molar-refractivity contribution < 1.29 is 23.5 Å². The molecule has 0 aliphatic rings. The van der Waals surface area contributed by atoms with Crippen molar-refractivity contribution in [2.24, 2.45) is 0 Å². The van der Waals surface area contributed by atoms with E-state index in [1.165, 1.54) is 6.20 Å². The lowest BCUT2D eigenvalue weighted by atomic mass is 10.1. The largest absolute Gasteiger partial charge is 0.456 e. The van der Waals surface area contributed by atoms with E-state index in [1.807, 2.05) is 54.6 Å². The quantitative estimate of drug-likeness (QED) is 0.217. The van der Waals surface area contributed by atoms with Gasteiger partial charge in [0.15, 0.2) is 0 Å². The van der Waals surface area contributed by atoms with Gasteiger partial charge in [-0.25, -0.2) is 4.98 Å². The molecule has 39 heavy (non-hydrogen) atoms. The molecule has 4 heterocycles. The van der Waals surface area contributed by atoms with Crippen molar-refractivity contribution in [3.63, 3.8) is 0 Å². The number of nitrogens with zero attached hydrogens (tertiary/aromatic N) is 3. The molecule has 8 nitrogen and oxygen atoms in total. The standard InChI is InChI=1S/C31H19N3O5/c35-18-37-22-10-12-33-27(15-22)29-17-23(38-19-36)16-28(34-29)26-14-21(9-11-32-26)6-5-20-7-8-31-25(13-20)24-3-1-2-4-30(24)39-31/h1-19H/b6-5+. The first-order valence-corrected chi connectivity index (χ1v) is 11.9. The van der Waals surface area contributed by atoms with Crippen LogP contribution in [0.5, 0.6) is 11.5 Å². The molecule has 0 saturated heterocycles. The number of pyridine rings is 3. The van der Waals surface area contributed by atoms with Gasteiger partial charge in [0.2, 0.25) is 0 Å². The zero-order valence-electron chi connectivity index (χ0n) is 20.4. The molecule has 0 unspecified atom stereocenters. The molecule has 4 aromatic heterocycles. The van der Waals surface area contributed by atoms with Gasteiger partial charge in [-0.3, -0.25) is 19.6 Å². The number of carbonyl (C=O) groups is 2. The highest BCUT2D eigenvalue weighted by Gasteiger charge is 2.12. The van der Waals surface area contributed by atoms with Gasteiger partial charge in [-0.15, -0.1) is 0 Å². The fourth-order valence-corrected chi connectivity index (χ4v) is 4.30. The van der Waals surface area contributed by atoms with Crippen LogP contribution in [0.15, 0.2) is 95.7 Å². The van der Waals surface area contributed by atoms with Crippen LogP contribution in [0, 0.1) is 0 Å². The van der Waals surface area contributed by atoms with E-state index < -0.39 is 0 Å². The molecule has 0 aliphatic carbocycles. The van der Waals surface area contributed by atoms with Crippen molar-refractivity contribution in [3.8, 4) is 34.3 Å². The number of furan rings is 1. The Balaban J connectivity index is 1.34. The van der Waals surface area contributed by atoms with Crippen LogP contribution in [0.25, 0.3) is 56.9 Å². The van der Waals surface area contributed by atoms with Gasteiger partial charge in [0.25, 0.3) is 12.9 Å². The van der Waals surface area contributed by atoms with Crippen LogP contribution in [-0.4, -0.2) is 27.9 Å². The Bertz CT molecular complexity index is 1880. The van der Waals surface area contributed by atoms with Gasteiger partial charge < -0.3 is 13.9 Å². The molecular weight excluding hydrogens is 494 g/mol. The zero-order valence-corrected chi connectivity index (χ0v) is 20.4. The fraction of sp³-hybridized carbons (Fsp3) is 0. The Hall–Kier alpha value is -5.63. The highest BCUT2D eigenvalue weighted by Crippen LogP contribution is 2.31. The number of para-hydroxylation sites is 1. The van der Waals surface area contributed by atoms with Crippen molar-refractivity contribution in [1.82, 2.24) is 15.0 Å². The number of hydrogen-bond donors (Lipinski definition) is 0. The lowest BCUT2D eigenvalue weighted by Gasteiger charge is -2.08. The Kier molecular flexibility index (Phi) is 6.33. The molecule has 0 bridgehead atoms. The Morgan fingerprint density at radius 2 is 1.23 bits per heavy atom. The predicted octanol–water partition coefficient (Wildman–Crippen LogP) is 6.35. The van der Waals surface area contributed by atoms with E-state index in [-0.39, 0.29) is 5.75 Å². The van der Waals surface area contributed by atoms with Gasteiger partial charge in [0.05, 0.1) is 22.8 Å². The first-order chi connectivity index (χ1) is 19.2. The van der Waals surface area contributed by atoms with E-state index in [2.05, 4.69) is 27.1 Å². The zero-order chi connectivity index (χ0) is 26.6. The van der Waals surface area contributed by atoms with Gasteiger partial charge in [0.1, 0.15) is 22.7 Å². The van der Waals surface area contributed by atoms with E-state index in [4.69, 9.17) is 13.9 Å². The van der Waals surface area contributed by atoms with Crippen molar-refractivity contribution in [2.45, 2.75) is 0 Å². The Morgan fingerprint density at radius 1 is 0.590 bits per heavy atom. The number of rotatable bonds is 8. The average Bonchev–Trinajstić information content (AvgIpc) is 3.35. The lowest BCUT2D eigenvalue weighted by Crippen LogP contribution is -1.97. The third-order valence-corrected chi connectivity index (χ3v) is 6.08. The smallest absolute Gasteiger partial charge is 0.298 e. The highest BCUT2D eigenvalue weighted by atomic mass is 16.5. The SMILES string of the molecule is O=COc1ccnc(-c2cc(OC=O)cc(-c3cc(/C=C/c4ccc5oc6ccccc6c5c4)ccn3)n2)c1. The summed E-state index contributed by atoms with van der Waals surface area (Å²) in [5.74, 6) is 0.587. The molecule has 0 amide bonds. The minimum absolute atomic E-state index is 0.275. The first-order valence-electron chi connectivity index (χ1n) is 11.9. The van der Waals surface area contributed by atoms with Gasteiger partial charge in [0, 0.05) is 41.4 Å². The average molecular weight is 514 g/mol. The molecule has 0 aliphatic heterocycles. The molecule has 0 spiro atoms. The summed E-state index contributed by atoms with van der Waals surface area (Å²) in [5, 5.41) is 2.13. The topological polar surface area (TPSA) is 104 Å². The molecule has 0 saturated carbocycles. The lowest BCUT2D eigenvalue weighted by molar-refractivity contribution is -0.121. The third-order valence-electron chi connectivity index (χ3n) is 6.08. The van der Waals surface area contributed by atoms with Gasteiger partial charge in [-0.05, 0) is 47.5 Å². The number of benzene rings is 2. The summed E-state index contributed by atoms with van der Waals surface area (Å²) in [6.45, 7) is 0.678. The second-order valence-corrected chi connectivity index (χ2v) is 8.54. The summed E-state index contributed by atoms with van der Waals surface area (Å²) in [7, 11) is 0. The van der Waals surface area contributed by atoms with E-state index >= 15 is 0 Å². The normalized spacial score (nSPS) is 11.2. The van der Waals surface area contributed by atoms with Gasteiger partial charge >= 0.3 is 0 Å². The van der Waals surface area contributed by atoms with Crippen LogP contribution >= 0.6 is 0 Å². The summed E-state index contributed by atoms with van der Waals surface area (Å²) in [5.41, 5.74) is 5.55. The van der Waals surface area contributed by atoms with Crippen LogP contribution in [0.1, 0.15) is 11.1 Å². The van der Waals surface area contributed by atoms with Crippen molar-refractivity contribution in [2.75, 3.05) is 0 Å². The van der Waals surface area contributed by atoms with Crippen LogP contribution < -0.4 is 9.47 Å². The van der Waals surface area contributed by atoms with Crippen LogP contribution in [0.2, 0.25) is 0 Å². The first kappa shape index (κ1) is 23.7. The maximum atomic E-state index is 11.1. The van der Waals surface area contributed by atoms with Gasteiger partial charge in [-0.2, -0.15) is 0 Å². The van der Waals surface area contributed by atoms with E-state index in [9.17, 15) is 9.59 Å². The molecule has 0 atom stereocenters. The third kappa shape index (κ3) is 4.99. The van der Waals surface area contributed by atoms with E-state index in [0.717, 1.165) is 33.1 Å². The fourth-order valence-electron chi connectivity index (χ4n) is 4.30. The second-order valence-electron chi connectivity index (χ2n) is 8.54. The maximum Gasteiger partial charge on any atom is 0.298 e. The minimum Gasteiger partial charge on any atom is -0.456 e. The number of hydrogen-bond acceptors (Lipinski definition) is 8.